The van der Waals surface area contributed by atoms with Crippen LogP contribution in [-0.2, 0) is 13.0 Å². The Kier molecular flexibility index (Phi) is 6.14. The first-order chi connectivity index (χ1) is 11.1. The van der Waals surface area contributed by atoms with Gasteiger partial charge in [-0.3, -0.25) is 4.90 Å². The standard InChI is InChI=1S/C15H21N.C7H16O/c1-12-4-2-3-5-14-10-13(6-7-15(12)14)11-16-8-9-16;1-6(2,3)7(4,5)8/h6-7,10,12H,2-5,8-9,11H2,1H3;8H,1-5H3. The maximum absolute atomic E-state index is 9.35. The third-order valence-corrected chi connectivity index (χ3v) is 5.85. The van der Waals surface area contributed by atoms with E-state index in [4.69, 9.17) is 0 Å². The highest BCUT2D eigenvalue weighted by Crippen LogP contribution is 2.31. The summed E-state index contributed by atoms with van der Waals surface area (Å²) in [4.78, 5) is 2.49. The second-order valence-corrected chi connectivity index (χ2v) is 9.27. The fraction of sp³-hybridized carbons (Fsp3) is 0.727. The van der Waals surface area contributed by atoms with E-state index in [1.165, 1.54) is 50.9 Å². The van der Waals surface area contributed by atoms with Crippen LogP contribution in [0.25, 0.3) is 0 Å². The molecular weight excluding hydrogens is 294 g/mol. The lowest BCUT2D eigenvalue weighted by atomic mass is 9.79. The van der Waals surface area contributed by atoms with Crippen molar-refractivity contribution < 1.29 is 5.11 Å². The molecule has 1 unspecified atom stereocenters. The van der Waals surface area contributed by atoms with E-state index in [2.05, 4.69) is 30.0 Å². The van der Waals surface area contributed by atoms with E-state index >= 15 is 0 Å². The van der Waals surface area contributed by atoms with Crippen LogP contribution in [0.5, 0.6) is 0 Å². The molecule has 0 aromatic heterocycles. The maximum atomic E-state index is 9.35. The van der Waals surface area contributed by atoms with Crippen molar-refractivity contribution in [3.63, 3.8) is 0 Å². The summed E-state index contributed by atoms with van der Waals surface area (Å²) in [6.45, 7) is 15.9. The van der Waals surface area contributed by atoms with Gasteiger partial charge < -0.3 is 5.11 Å². The van der Waals surface area contributed by atoms with E-state index in [-0.39, 0.29) is 5.41 Å². The third-order valence-electron chi connectivity index (χ3n) is 5.85. The van der Waals surface area contributed by atoms with Crippen LogP contribution in [0.2, 0.25) is 0 Å². The molecule has 1 fully saturated rings. The Morgan fingerprint density at radius 2 is 1.71 bits per heavy atom. The number of hydrogen-bond donors (Lipinski definition) is 1. The summed E-state index contributed by atoms with van der Waals surface area (Å²) in [5.74, 6) is 0.771. The van der Waals surface area contributed by atoms with Crippen LogP contribution in [0.4, 0.5) is 0 Å². The van der Waals surface area contributed by atoms with Crippen molar-refractivity contribution in [2.45, 2.75) is 85.3 Å². The summed E-state index contributed by atoms with van der Waals surface area (Å²) >= 11 is 0. The molecule has 1 aromatic carbocycles. The van der Waals surface area contributed by atoms with Gasteiger partial charge in [-0.05, 0) is 61.1 Å². The zero-order valence-electron chi connectivity index (χ0n) is 16.7. The van der Waals surface area contributed by atoms with Crippen LogP contribution in [0.1, 0.15) is 83.4 Å². The Hall–Kier alpha value is -0.860. The van der Waals surface area contributed by atoms with Crippen molar-refractivity contribution in [2.75, 3.05) is 13.1 Å². The van der Waals surface area contributed by atoms with Gasteiger partial charge in [-0.2, -0.15) is 0 Å². The third kappa shape index (κ3) is 5.60. The van der Waals surface area contributed by atoms with Crippen molar-refractivity contribution in [3.05, 3.63) is 34.9 Å². The largest absolute Gasteiger partial charge is 0.390 e. The van der Waals surface area contributed by atoms with Gasteiger partial charge in [-0.15, -0.1) is 0 Å². The summed E-state index contributed by atoms with van der Waals surface area (Å²) < 4.78 is 0. The highest BCUT2D eigenvalue weighted by Gasteiger charge is 2.29. The smallest absolute Gasteiger partial charge is 0.0639 e. The molecule has 0 bridgehead atoms. The summed E-state index contributed by atoms with van der Waals surface area (Å²) in [5.41, 5.74) is 4.20. The first kappa shape index (κ1) is 19.5. The van der Waals surface area contributed by atoms with Crippen molar-refractivity contribution >= 4 is 0 Å². The predicted octanol–water partition coefficient (Wildman–Crippen LogP) is 5.14. The van der Waals surface area contributed by atoms with Crippen LogP contribution in [0.15, 0.2) is 18.2 Å². The molecule has 1 aromatic rings. The predicted molar refractivity (Wildman–Crippen MR) is 103 cm³/mol. The lowest BCUT2D eigenvalue weighted by molar-refractivity contribution is -0.0238. The van der Waals surface area contributed by atoms with E-state index < -0.39 is 5.60 Å². The first-order valence-corrected chi connectivity index (χ1v) is 9.64. The molecule has 3 rings (SSSR count). The lowest BCUT2D eigenvalue weighted by Crippen LogP contribution is -2.35. The highest BCUT2D eigenvalue weighted by molar-refractivity contribution is 5.35. The molecule has 0 amide bonds. The number of fused-ring (bicyclic) bond motifs is 1. The minimum atomic E-state index is -0.562. The molecule has 2 heteroatoms. The first-order valence-electron chi connectivity index (χ1n) is 9.64. The second-order valence-electron chi connectivity index (χ2n) is 9.27. The number of hydrogen-bond acceptors (Lipinski definition) is 2. The quantitative estimate of drug-likeness (QED) is 0.599. The molecule has 1 aliphatic carbocycles. The molecule has 1 heterocycles. The maximum Gasteiger partial charge on any atom is 0.0639 e. The second kappa shape index (κ2) is 7.58. The lowest BCUT2D eigenvalue weighted by Gasteiger charge is -2.33. The van der Waals surface area contributed by atoms with Gasteiger partial charge in [0.05, 0.1) is 5.60 Å². The average molecular weight is 332 g/mol. The van der Waals surface area contributed by atoms with Gasteiger partial charge in [-0.25, -0.2) is 0 Å². The number of benzene rings is 1. The van der Waals surface area contributed by atoms with Crippen LogP contribution < -0.4 is 0 Å². The van der Waals surface area contributed by atoms with Crippen LogP contribution >= 0.6 is 0 Å². The van der Waals surface area contributed by atoms with Gasteiger partial charge in [0.1, 0.15) is 0 Å². The normalized spacial score (nSPS) is 21.4. The zero-order valence-corrected chi connectivity index (χ0v) is 16.7. The van der Waals surface area contributed by atoms with Crippen molar-refractivity contribution in [1.29, 1.82) is 0 Å². The fourth-order valence-corrected chi connectivity index (χ4v) is 2.86. The van der Waals surface area contributed by atoms with Crippen molar-refractivity contribution in [3.8, 4) is 0 Å². The minimum Gasteiger partial charge on any atom is -0.390 e. The number of nitrogens with zero attached hydrogens (tertiary/aromatic N) is 1. The molecule has 1 saturated heterocycles. The molecule has 2 aliphatic rings. The summed E-state index contributed by atoms with van der Waals surface area (Å²) in [5, 5.41) is 9.35. The van der Waals surface area contributed by atoms with Crippen LogP contribution in [-0.4, -0.2) is 28.7 Å². The molecule has 0 radical (unpaired) electrons. The molecule has 0 saturated carbocycles. The Bertz CT molecular complexity index is 520. The van der Waals surface area contributed by atoms with Crippen LogP contribution in [0, 0.1) is 5.41 Å². The van der Waals surface area contributed by atoms with Gasteiger partial charge in [0, 0.05) is 19.6 Å². The molecular formula is C22H37NO. The van der Waals surface area contributed by atoms with Crippen molar-refractivity contribution in [1.82, 2.24) is 4.90 Å². The summed E-state index contributed by atoms with van der Waals surface area (Å²) in [6.07, 6.45) is 5.45. The van der Waals surface area contributed by atoms with E-state index in [9.17, 15) is 5.11 Å². The van der Waals surface area contributed by atoms with Gasteiger partial charge in [-0.1, -0.05) is 52.3 Å². The number of aliphatic hydroxyl groups is 1. The minimum absolute atomic E-state index is 0.00694. The summed E-state index contributed by atoms with van der Waals surface area (Å²) in [7, 11) is 0. The summed E-state index contributed by atoms with van der Waals surface area (Å²) in [6, 6.07) is 7.21. The van der Waals surface area contributed by atoms with E-state index in [0.717, 1.165) is 5.92 Å². The average Bonchev–Trinajstić information content (AvgIpc) is 3.26. The van der Waals surface area contributed by atoms with Gasteiger partial charge >= 0.3 is 0 Å². The number of rotatable bonds is 2. The number of aryl methyl sites for hydroxylation is 1. The van der Waals surface area contributed by atoms with Crippen molar-refractivity contribution in [2.24, 2.45) is 5.41 Å². The zero-order chi connectivity index (χ0) is 18.0. The fourth-order valence-electron chi connectivity index (χ4n) is 2.86. The molecule has 1 aliphatic heterocycles. The molecule has 0 spiro atoms. The van der Waals surface area contributed by atoms with E-state index in [1.54, 1.807) is 11.1 Å². The Labute approximate surface area is 149 Å². The molecule has 136 valence electrons. The molecule has 24 heavy (non-hydrogen) atoms. The monoisotopic (exact) mass is 331 g/mol. The van der Waals surface area contributed by atoms with E-state index in [0.29, 0.717) is 0 Å². The van der Waals surface area contributed by atoms with Gasteiger partial charge in [0.15, 0.2) is 0 Å². The highest BCUT2D eigenvalue weighted by atomic mass is 16.3. The molecule has 1 atom stereocenters. The topological polar surface area (TPSA) is 23.2 Å². The molecule has 1 N–H and O–H groups in total. The Morgan fingerprint density at radius 1 is 1.08 bits per heavy atom. The van der Waals surface area contributed by atoms with E-state index in [1.807, 2.05) is 34.6 Å². The van der Waals surface area contributed by atoms with Gasteiger partial charge in [0.25, 0.3) is 0 Å². The Morgan fingerprint density at radius 3 is 2.25 bits per heavy atom. The SMILES string of the molecule is CC(C)(C)C(C)(C)O.CC1CCCCc2cc(CN3CC3)ccc21. The van der Waals surface area contributed by atoms with Crippen LogP contribution in [0.3, 0.4) is 0 Å². The van der Waals surface area contributed by atoms with Gasteiger partial charge in [0.2, 0.25) is 0 Å². The Balaban J connectivity index is 0.000000224. The molecule has 2 nitrogen and oxygen atoms in total.